The minimum Gasteiger partial charge on any atom is -0.507 e. The number of rotatable bonds is 11. The molecular weight excluding hydrogens is 574 g/mol. The Balaban J connectivity index is 1.66. The van der Waals surface area contributed by atoms with Crippen LogP contribution in [0.2, 0.25) is 0 Å². The second-order valence-electron chi connectivity index (χ2n) is 10.5. The summed E-state index contributed by atoms with van der Waals surface area (Å²) in [6, 6.07) is 55.3. The van der Waals surface area contributed by atoms with Crippen molar-refractivity contribution >= 4 is 47.7 Å². The van der Waals surface area contributed by atoms with E-state index in [9.17, 15) is 5.11 Å². The predicted molar refractivity (Wildman–Crippen MR) is 191 cm³/mol. The van der Waals surface area contributed by atoms with Gasteiger partial charge in [-0.25, -0.2) is 0 Å². The third-order valence-corrected chi connectivity index (χ3v) is 12.5. The Kier molecular flexibility index (Phi) is 9.83. The molecular formula is C40H36O2P2. The van der Waals surface area contributed by atoms with E-state index in [-0.39, 0.29) is 5.75 Å². The van der Waals surface area contributed by atoms with Crippen molar-refractivity contribution < 1.29 is 9.84 Å². The third kappa shape index (κ3) is 6.48. The molecule has 0 aromatic heterocycles. The number of hydrogen-bond acceptors (Lipinski definition) is 2. The van der Waals surface area contributed by atoms with Gasteiger partial charge in [0.1, 0.15) is 11.5 Å². The van der Waals surface area contributed by atoms with Gasteiger partial charge in [-0.3, -0.25) is 0 Å². The van der Waals surface area contributed by atoms with Crippen LogP contribution in [0.25, 0.3) is 11.1 Å². The largest absolute Gasteiger partial charge is 0.507 e. The SMILES string of the molecule is CCCCOc1cccc(P(c2ccccc2)c2ccccc2)c1-c1c(O)cccc1P(c1ccccc1)c1ccccc1. The molecule has 0 heterocycles. The molecule has 0 unspecified atom stereocenters. The summed E-state index contributed by atoms with van der Waals surface area (Å²) in [5.74, 6) is 1.08. The summed E-state index contributed by atoms with van der Waals surface area (Å²) in [4.78, 5) is 0. The van der Waals surface area contributed by atoms with Crippen LogP contribution in [0.3, 0.4) is 0 Å². The van der Waals surface area contributed by atoms with E-state index in [1.807, 2.05) is 12.1 Å². The predicted octanol–water partition coefficient (Wildman–Crippen LogP) is 7.75. The summed E-state index contributed by atoms with van der Waals surface area (Å²) in [6.07, 6.45) is 2.01. The molecule has 0 radical (unpaired) electrons. The van der Waals surface area contributed by atoms with Crippen LogP contribution in [0.15, 0.2) is 158 Å². The summed E-state index contributed by atoms with van der Waals surface area (Å²) < 4.78 is 6.60. The van der Waals surface area contributed by atoms with Gasteiger partial charge in [0.15, 0.2) is 0 Å². The fraction of sp³-hybridized carbons (Fsp3) is 0.100. The summed E-state index contributed by atoms with van der Waals surface area (Å²) >= 11 is 0. The van der Waals surface area contributed by atoms with Crippen molar-refractivity contribution in [3.8, 4) is 22.6 Å². The van der Waals surface area contributed by atoms with Crippen LogP contribution in [-0.2, 0) is 0 Å². The molecule has 0 fully saturated rings. The van der Waals surface area contributed by atoms with Gasteiger partial charge in [-0.05, 0) is 66.2 Å². The molecule has 0 aliphatic carbocycles. The summed E-state index contributed by atoms with van der Waals surface area (Å²) in [5.41, 5.74) is 1.84. The molecule has 0 saturated heterocycles. The first-order valence-corrected chi connectivity index (χ1v) is 17.8. The maximum atomic E-state index is 11.9. The number of aromatic hydroxyl groups is 1. The molecule has 0 saturated carbocycles. The van der Waals surface area contributed by atoms with E-state index in [2.05, 4.69) is 153 Å². The van der Waals surface area contributed by atoms with Crippen LogP contribution in [0.5, 0.6) is 11.5 Å². The zero-order valence-corrected chi connectivity index (χ0v) is 26.7. The molecule has 0 bridgehead atoms. The zero-order chi connectivity index (χ0) is 30.1. The summed E-state index contributed by atoms with van der Waals surface area (Å²) in [7, 11) is -1.95. The molecule has 6 rings (SSSR count). The Morgan fingerprint density at radius 3 is 1.32 bits per heavy atom. The van der Waals surface area contributed by atoms with Gasteiger partial charge in [-0.15, -0.1) is 0 Å². The lowest BCUT2D eigenvalue weighted by molar-refractivity contribution is 0.310. The van der Waals surface area contributed by atoms with Crippen molar-refractivity contribution in [1.29, 1.82) is 0 Å². The van der Waals surface area contributed by atoms with Crippen LogP contribution in [0.1, 0.15) is 19.8 Å². The van der Waals surface area contributed by atoms with E-state index >= 15 is 0 Å². The van der Waals surface area contributed by atoms with E-state index in [0.29, 0.717) is 6.61 Å². The number of unbranched alkanes of at least 4 members (excludes halogenated alkanes) is 1. The van der Waals surface area contributed by atoms with E-state index in [1.165, 1.54) is 26.5 Å². The Bertz CT molecular complexity index is 1700. The van der Waals surface area contributed by atoms with Gasteiger partial charge in [0.25, 0.3) is 0 Å². The van der Waals surface area contributed by atoms with Gasteiger partial charge in [-0.1, -0.05) is 159 Å². The first kappa shape index (κ1) is 29.8. The Hall–Kier alpha value is -4.22. The van der Waals surface area contributed by atoms with Crippen LogP contribution >= 0.6 is 15.8 Å². The number of hydrogen-bond donors (Lipinski definition) is 1. The van der Waals surface area contributed by atoms with Gasteiger partial charge < -0.3 is 9.84 Å². The van der Waals surface area contributed by atoms with E-state index in [0.717, 1.165) is 35.0 Å². The first-order chi connectivity index (χ1) is 21.8. The molecule has 218 valence electrons. The monoisotopic (exact) mass is 610 g/mol. The minimum absolute atomic E-state index is 0.269. The minimum atomic E-state index is -0.983. The molecule has 2 nitrogen and oxygen atoms in total. The van der Waals surface area contributed by atoms with Crippen molar-refractivity contribution in [3.63, 3.8) is 0 Å². The zero-order valence-electron chi connectivity index (χ0n) is 24.9. The topological polar surface area (TPSA) is 29.5 Å². The molecule has 6 aromatic carbocycles. The van der Waals surface area contributed by atoms with Gasteiger partial charge in [0.2, 0.25) is 0 Å². The van der Waals surface area contributed by atoms with Crippen LogP contribution in [0.4, 0.5) is 0 Å². The number of ether oxygens (including phenoxy) is 1. The lowest BCUT2D eigenvalue weighted by Gasteiger charge is -2.28. The second-order valence-corrected chi connectivity index (χ2v) is 14.9. The highest BCUT2D eigenvalue weighted by atomic mass is 31.1. The lowest BCUT2D eigenvalue weighted by atomic mass is 10.0. The highest BCUT2D eigenvalue weighted by Crippen LogP contribution is 2.46. The highest BCUT2D eigenvalue weighted by Gasteiger charge is 2.29. The summed E-state index contributed by atoms with van der Waals surface area (Å²) in [6.45, 7) is 2.80. The standard InChI is InChI=1S/C40H36O2P2/c1-2-3-30-42-36-27-17-29-38(44(33-22-12-6-13-23-33)34-24-14-7-15-25-34)40(36)39-35(41)26-16-28-37(39)43(31-18-8-4-9-19-31)32-20-10-5-11-21-32/h4-29,41H,2-3,30H2,1H3. The highest BCUT2D eigenvalue weighted by molar-refractivity contribution is 7.80. The first-order valence-electron chi connectivity index (χ1n) is 15.1. The molecule has 0 amide bonds. The van der Waals surface area contributed by atoms with E-state index in [1.54, 1.807) is 0 Å². The molecule has 44 heavy (non-hydrogen) atoms. The molecule has 0 aliphatic rings. The van der Waals surface area contributed by atoms with Crippen molar-refractivity contribution in [2.45, 2.75) is 19.8 Å². The normalized spacial score (nSPS) is 11.2. The average molecular weight is 611 g/mol. The maximum absolute atomic E-state index is 11.9. The second kappa shape index (κ2) is 14.5. The van der Waals surface area contributed by atoms with Gasteiger partial charge in [0.05, 0.1) is 6.61 Å². The van der Waals surface area contributed by atoms with Crippen molar-refractivity contribution in [1.82, 2.24) is 0 Å². The fourth-order valence-electron chi connectivity index (χ4n) is 5.54. The third-order valence-electron chi connectivity index (χ3n) is 7.57. The molecule has 0 aliphatic heterocycles. The Labute approximate surface area is 263 Å². The molecule has 4 heteroatoms. The lowest BCUT2D eigenvalue weighted by Crippen LogP contribution is -2.26. The number of phenolic OH excluding ortho intramolecular Hbond substituents is 1. The Morgan fingerprint density at radius 2 is 0.886 bits per heavy atom. The molecule has 0 spiro atoms. The smallest absolute Gasteiger partial charge is 0.127 e. The molecule has 6 aromatic rings. The average Bonchev–Trinajstić information content (AvgIpc) is 3.08. The van der Waals surface area contributed by atoms with Crippen LogP contribution in [0, 0.1) is 0 Å². The van der Waals surface area contributed by atoms with E-state index in [4.69, 9.17) is 4.74 Å². The van der Waals surface area contributed by atoms with Gasteiger partial charge in [-0.2, -0.15) is 0 Å². The Morgan fingerprint density at radius 1 is 0.477 bits per heavy atom. The van der Waals surface area contributed by atoms with Gasteiger partial charge in [0, 0.05) is 11.1 Å². The van der Waals surface area contributed by atoms with Crippen LogP contribution < -0.4 is 36.6 Å². The number of phenols is 1. The quantitative estimate of drug-likeness (QED) is 0.120. The fourth-order valence-corrected chi connectivity index (χ4v) is 10.5. The van der Waals surface area contributed by atoms with Crippen molar-refractivity contribution in [2.24, 2.45) is 0 Å². The summed E-state index contributed by atoms with van der Waals surface area (Å²) in [5, 5.41) is 19.2. The number of benzene rings is 6. The maximum Gasteiger partial charge on any atom is 0.127 e. The molecule has 0 atom stereocenters. The van der Waals surface area contributed by atoms with Crippen molar-refractivity contribution in [3.05, 3.63) is 158 Å². The molecule has 1 N–H and O–H groups in total. The van der Waals surface area contributed by atoms with E-state index < -0.39 is 15.8 Å². The van der Waals surface area contributed by atoms with Crippen LogP contribution in [-0.4, -0.2) is 11.7 Å². The van der Waals surface area contributed by atoms with Crippen molar-refractivity contribution in [2.75, 3.05) is 6.61 Å². The van der Waals surface area contributed by atoms with Gasteiger partial charge >= 0.3 is 0 Å².